The molecular formula is C10H12N4S2. The zero-order chi connectivity index (χ0) is 11.2. The van der Waals surface area contributed by atoms with Crippen LogP contribution in [0.2, 0.25) is 0 Å². The molecule has 0 amide bonds. The summed E-state index contributed by atoms with van der Waals surface area (Å²) >= 11 is 3.97. The van der Waals surface area contributed by atoms with Crippen LogP contribution < -0.4 is 5.32 Å². The van der Waals surface area contributed by atoms with E-state index in [1.165, 1.54) is 23.5 Å². The summed E-state index contributed by atoms with van der Waals surface area (Å²) in [6.07, 6.45) is 3.14. The molecule has 1 N–H and O–H groups in total. The third-order valence-corrected chi connectivity index (χ3v) is 5.03. The molecule has 1 aromatic rings. The summed E-state index contributed by atoms with van der Waals surface area (Å²) in [4.78, 5) is 8.08. The average Bonchev–Trinajstić information content (AvgIpc) is 2.38. The zero-order valence-corrected chi connectivity index (χ0v) is 10.4. The van der Waals surface area contributed by atoms with E-state index in [1.54, 1.807) is 6.20 Å². The van der Waals surface area contributed by atoms with Gasteiger partial charge in [-0.25, -0.2) is 9.97 Å². The molecule has 6 heteroatoms. The first-order chi connectivity index (χ1) is 7.90. The first kappa shape index (κ1) is 11.6. The van der Waals surface area contributed by atoms with E-state index in [2.05, 4.69) is 15.3 Å². The van der Waals surface area contributed by atoms with Crippen molar-refractivity contribution in [2.75, 3.05) is 29.1 Å². The second-order valence-corrected chi connectivity index (χ2v) is 5.87. The lowest BCUT2D eigenvalue weighted by molar-refractivity contribution is 0.984. The highest BCUT2D eigenvalue weighted by atomic mass is 32.2. The number of hydrogen-bond donors (Lipinski definition) is 1. The molecule has 1 fully saturated rings. The molecule has 1 aromatic heterocycles. The minimum absolute atomic E-state index is 0.371. The first-order valence-electron chi connectivity index (χ1n) is 5.04. The van der Waals surface area contributed by atoms with Crippen LogP contribution in [0, 0.1) is 11.3 Å². The van der Waals surface area contributed by atoms with Gasteiger partial charge in [-0.2, -0.15) is 28.8 Å². The highest BCUT2D eigenvalue weighted by Gasteiger charge is 2.14. The topological polar surface area (TPSA) is 61.6 Å². The van der Waals surface area contributed by atoms with Gasteiger partial charge >= 0.3 is 0 Å². The van der Waals surface area contributed by atoms with Crippen LogP contribution in [0.4, 0.5) is 5.82 Å². The quantitative estimate of drug-likeness (QED) is 0.882. The molecule has 0 saturated carbocycles. The van der Waals surface area contributed by atoms with Gasteiger partial charge in [-0.1, -0.05) is 0 Å². The molecule has 84 valence electrons. The molecule has 0 aliphatic carbocycles. The van der Waals surface area contributed by atoms with E-state index in [4.69, 9.17) is 5.26 Å². The maximum atomic E-state index is 8.85. The number of nitriles is 1. The maximum Gasteiger partial charge on any atom is 0.182 e. The Morgan fingerprint density at radius 3 is 3.06 bits per heavy atom. The van der Waals surface area contributed by atoms with Gasteiger partial charge in [0.1, 0.15) is 6.07 Å². The van der Waals surface area contributed by atoms with Gasteiger partial charge in [0.25, 0.3) is 0 Å². The van der Waals surface area contributed by atoms with Gasteiger partial charge in [0.2, 0.25) is 0 Å². The van der Waals surface area contributed by atoms with Gasteiger partial charge in [-0.15, -0.1) is 0 Å². The van der Waals surface area contributed by atoms with E-state index in [0.29, 0.717) is 16.8 Å². The molecule has 1 atom stereocenters. The van der Waals surface area contributed by atoms with Crippen LogP contribution in [0.15, 0.2) is 12.4 Å². The second-order valence-electron chi connectivity index (χ2n) is 3.31. The Morgan fingerprint density at radius 1 is 1.44 bits per heavy atom. The summed E-state index contributed by atoms with van der Waals surface area (Å²) in [7, 11) is 0. The van der Waals surface area contributed by atoms with Gasteiger partial charge in [0.05, 0.1) is 0 Å². The molecule has 16 heavy (non-hydrogen) atoms. The lowest BCUT2D eigenvalue weighted by Crippen LogP contribution is -2.23. The lowest BCUT2D eigenvalue weighted by Gasteiger charge is -2.21. The summed E-state index contributed by atoms with van der Waals surface area (Å²) in [5.41, 5.74) is 0.371. The Bertz CT molecular complexity index is 385. The molecule has 1 aliphatic heterocycles. The van der Waals surface area contributed by atoms with Crippen molar-refractivity contribution in [3.8, 4) is 6.07 Å². The summed E-state index contributed by atoms with van der Waals surface area (Å²) in [6.45, 7) is 0.852. The van der Waals surface area contributed by atoms with Crippen LogP contribution in [0.1, 0.15) is 5.69 Å². The van der Waals surface area contributed by atoms with E-state index in [0.717, 1.165) is 6.54 Å². The Labute approximate surface area is 103 Å². The van der Waals surface area contributed by atoms with Crippen molar-refractivity contribution in [1.29, 1.82) is 5.26 Å². The maximum absolute atomic E-state index is 8.85. The normalized spacial score (nSPS) is 20.1. The standard InChI is InChI=1S/C10H12N4S2/c11-5-9-10(13-2-1-12-9)14-6-8-7-15-3-4-16-8/h1-2,8H,3-4,6-7H2,(H,13,14). The molecule has 0 aromatic carbocycles. The van der Waals surface area contributed by atoms with Crippen LogP contribution in [0.3, 0.4) is 0 Å². The van der Waals surface area contributed by atoms with Crippen molar-refractivity contribution in [1.82, 2.24) is 9.97 Å². The average molecular weight is 252 g/mol. The van der Waals surface area contributed by atoms with Crippen molar-refractivity contribution >= 4 is 29.3 Å². The summed E-state index contributed by atoms with van der Waals surface area (Å²) in [6, 6.07) is 2.04. The molecule has 2 rings (SSSR count). The highest BCUT2D eigenvalue weighted by Crippen LogP contribution is 2.24. The lowest BCUT2D eigenvalue weighted by atomic mass is 10.4. The molecule has 1 aliphatic rings. The molecule has 0 spiro atoms. The number of anilines is 1. The minimum atomic E-state index is 0.371. The molecule has 1 unspecified atom stereocenters. The van der Waals surface area contributed by atoms with Crippen molar-refractivity contribution in [2.24, 2.45) is 0 Å². The van der Waals surface area contributed by atoms with Crippen molar-refractivity contribution in [3.63, 3.8) is 0 Å². The number of rotatable bonds is 3. The van der Waals surface area contributed by atoms with Crippen molar-refractivity contribution < 1.29 is 0 Å². The number of aromatic nitrogens is 2. The van der Waals surface area contributed by atoms with E-state index >= 15 is 0 Å². The predicted molar refractivity (Wildman–Crippen MR) is 68.8 cm³/mol. The highest BCUT2D eigenvalue weighted by molar-refractivity contribution is 8.06. The number of thioether (sulfide) groups is 2. The fourth-order valence-corrected chi connectivity index (χ4v) is 4.03. The van der Waals surface area contributed by atoms with Gasteiger partial charge in [0, 0.05) is 41.4 Å². The molecular weight excluding hydrogens is 240 g/mol. The van der Waals surface area contributed by atoms with Crippen LogP contribution in [0.5, 0.6) is 0 Å². The number of hydrogen-bond acceptors (Lipinski definition) is 6. The number of nitrogens with one attached hydrogen (secondary N) is 1. The zero-order valence-electron chi connectivity index (χ0n) is 8.72. The van der Waals surface area contributed by atoms with Crippen LogP contribution in [-0.4, -0.2) is 39.0 Å². The summed E-state index contributed by atoms with van der Waals surface area (Å²) in [5.74, 6) is 4.22. The van der Waals surface area contributed by atoms with E-state index in [1.807, 2.05) is 29.6 Å². The Hall–Kier alpha value is -0.930. The van der Waals surface area contributed by atoms with Crippen LogP contribution in [0.25, 0.3) is 0 Å². The Morgan fingerprint density at radius 2 is 2.31 bits per heavy atom. The monoisotopic (exact) mass is 252 g/mol. The second kappa shape index (κ2) is 5.97. The molecule has 0 radical (unpaired) electrons. The van der Waals surface area contributed by atoms with Crippen LogP contribution in [-0.2, 0) is 0 Å². The van der Waals surface area contributed by atoms with Gasteiger partial charge in [0.15, 0.2) is 11.5 Å². The Balaban J connectivity index is 1.91. The fraction of sp³-hybridized carbons (Fsp3) is 0.500. The van der Waals surface area contributed by atoms with E-state index < -0.39 is 0 Å². The van der Waals surface area contributed by atoms with E-state index in [9.17, 15) is 0 Å². The third kappa shape index (κ3) is 3.03. The third-order valence-electron chi connectivity index (χ3n) is 2.19. The Kier molecular flexibility index (Phi) is 4.31. The largest absolute Gasteiger partial charge is 0.367 e. The van der Waals surface area contributed by atoms with Crippen LogP contribution >= 0.6 is 23.5 Å². The minimum Gasteiger partial charge on any atom is -0.367 e. The van der Waals surface area contributed by atoms with E-state index in [-0.39, 0.29) is 0 Å². The fourth-order valence-electron chi connectivity index (χ4n) is 1.41. The molecule has 0 bridgehead atoms. The molecule has 1 saturated heterocycles. The van der Waals surface area contributed by atoms with Crippen molar-refractivity contribution in [3.05, 3.63) is 18.1 Å². The first-order valence-corrected chi connectivity index (χ1v) is 7.25. The molecule has 2 heterocycles. The van der Waals surface area contributed by atoms with Crippen molar-refractivity contribution in [2.45, 2.75) is 5.25 Å². The molecule has 4 nitrogen and oxygen atoms in total. The number of nitrogens with zero attached hydrogens (tertiary/aromatic N) is 3. The SMILES string of the molecule is N#Cc1nccnc1NCC1CSCCS1. The van der Waals surface area contributed by atoms with Gasteiger partial charge in [-0.05, 0) is 0 Å². The predicted octanol–water partition coefficient (Wildman–Crippen LogP) is 1.61. The summed E-state index contributed by atoms with van der Waals surface area (Å²) < 4.78 is 0. The van der Waals surface area contributed by atoms with Gasteiger partial charge in [-0.3, -0.25) is 0 Å². The smallest absolute Gasteiger partial charge is 0.182 e. The van der Waals surface area contributed by atoms with Gasteiger partial charge < -0.3 is 5.32 Å². The summed E-state index contributed by atoms with van der Waals surface area (Å²) in [5, 5.41) is 12.7.